The molecule has 3 heterocycles. The van der Waals surface area contributed by atoms with Gasteiger partial charge in [0.2, 0.25) is 17.7 Å². The van der Waals surface area contributed by atoms with E-state index in [1.54, 1.807) is 16.2 Å². The highest BCUT2D eigenvalue weighted by atomic mass is 32.1. The van der Waals surface area contributed by atoms with Crippen LogP contribution in [0.1, 0.15) is 49.7 Å². The van der Waals surface area contributed by atoms with Crippen LogP contribution in [0.2, 0.25) is 0 Å². The Balaban J connectivity index is 1.39. The fraction of sp³-hybridized carbons (Fsp3) is 0.700. The van der Waals surface area contributed by atoms with Crippen LogP contribution in [0, 0.1) is 5.92 Å². The second kappa shape index (κ2) is 10.0. The SMILES string of the molecule is CCc1csc(CCNC(=O)[C@H]2CCC(=O)N(CCCN3CCCC3=O)C2)n1. The van der Waals surface area contributed by atoms with Crippen molar-refractivity contribution in [3.8, 4) is 0 Å². The van der Waals surface area contributed by atoms with Gasteiger partial charge in [0.1, 0.15) is 0 Å². The van der Waals surface area contributed by atoms with Crippen LogP contribution >= 0.6 is 11.3 Å². The fourth-order valence-electron chi connectivity index (χ4n) is 3.80. The molecule has 0 unspecified atom stereocenters. The van der Waals surface area contributed by atoms with Crippen molar-refractivity contribution in [2.75, 3.05) is 32.7 Å². The second-order valence-electron chi connectivity index (χ2n) is 7.54. The molecular formula is C20H30N4O3S. The van der Waals surface area contributed by atoms with Crippen LogP contribution in [-0.2, 0) is 27.2 Å². The molecule has 0 aromatic carbocycles. The molecule has 28 heavy (non-hydrogen) atoms. The van der Waals surface area contributed by atoms with Crippen LogP contribution in [0.4, 0.5) is 0 Å². The van der Waals surface area contributed by atoms with Crippen LogP contribution in [0.25, 0.3) is 0 Å². The normalized spacial score (nSPS) is 20.1. The maximum absolute atomic E-state index is 12.5. The number of aryl methyl sites for hydroxylation is 1. The molecule has 8 heteroatoms. The number of hydrogen-bond donors (Lipinski definition) is 1. The Labute approximate surface area is 170 Å². The minimum atomic E-state index is -0.145. The average molecular weight is 407 g/mol. The minimum absolute atomic E-state index is 0.0273. The van der Waals surface area contributed by atoms with E-state index >= 15 is 0 Å². The Kier molecular flexibility index (Phi) is 7.42. The van der Waals surface area contributed by atoms with E-state index in [1.165, 1.54) is 0 Å². The summed E-state index contributed by atoms with van der Waals surface area (Å²) in [4.78, 5) is 44.6. The topological polar surface area (TPSA) is 82.6 Å². The van der Waals surface area contributed by atoms with Gasteiger partial charge in [0.05, 0.1) is 16.6 Å². The van der Waals surface area contributed by atoms with Gasteiger partial charge < -0.3 is 15.1 Å². The summed E-state index contributed by atoms with van der Waals surface area (Å²) in [7, 11) is 0. The monoisotopic (exact) mass is 406 g/mol. The van der Waals surface area contributed by atoms with Gasteiger partial charge in [0.15, 0.2) is 0 Å². The van der Waals surface area contributed by atoms with Gasteiger partial charge in [-0.2, -0.15) is 0 Å². The summed E-state index contributed by atoms with van der Waals surface area (Å²) < 4.78 is 0. The molecule has 0 saturated carbocycles. The summed E-state index contributed by atoms with van der Waals surface area (Å²) in [5.41, 5.74) is 1.10. The van der Waals surface area contributed by atoms with Crippen molar-refractivity contribution < 1.29 is 14.4 Å². The largest absolute Gasteiger partial charge is 0.355 e. The number of likely N-dealkylation sites (tertiary alicyclic amines) is 2. The number of rotatable bonds is 9. The number of carbonyl (C=O) groups is 3. The van der Waals surface area contributed by atoms with Crippen molar-refractivity contribution in [2.45, 2.75) is 51.9 Å². The lowest BCUT2D eigenvalue weighted by Crippen LogP contribution is -2.46. The molecule has 1 atom stereocenters. The molecule has 2 aliphatic rings. The predicted octanol–water partition coefficient (Wildman–Crippen LogP) is 1.62. The first-order chi connectivity index (χ1) is 13.6. The molecule has 0 radical (unpaired) electrons. The van der Waals surface area contributed by atoms with Crippen molar-refractivity contribution in [3.63, 3.8) is 0 Å². The molecular weight excluding hydrogens is 376 g/mol. The van der Waals surface area contributed by atoms with Gasteiger partial charge in [-0.25, -0.2) is 4.98 Å². The van der Waals surface area contributed by atoms with Crippen molar-refractivity contribution in [1.29, 1.82) is 0 Å². The molecule has 1 aromatic heterocycles. The van der Waals surface area contributed by atoms with E-state index < -0.39 is 0 Å². The molecule has 0 bridgehead atoms. The smallest absolute Gasteiger partial charge is 0.224 e. The summed E-state index contributed by atoms with van der Waals surface area (Å²) in [6, 6.07) is 0. The van der Waals surface area contributed by atoms with Gasteiger partial charge in [0, 0.05) is 57.4 Å². The number of amides is 3. The summed E-state index contributed by atoms with van der Waals surface area (Å²) in [6.07, 6.45) is 5.07. The number of carbonyl (C=O) groups excluding carboxylic acids is 3. The highest BCUT2D eigenvalue weighted by molar-refractivity contribution is 7.09. The van der Waals surface area contributed by atoms with Crippen LogP contribution < -0.4 is 5.32 Å². The van der Waals surface area contributed by atoms with E-state index in [9.17, 15) is 14.4 Å². The van der Waals surface area contributed by atoms with E-state index in [1.807, 2.05) is 4.90 Å². The second-order valence-corrected chi connectivity index (χ2v) is 8.48. The number of nitrogens with one attached hydrogen (secondary N) is 1. The van der Waals surface area contributed by atoms with E-state index in [0.717, 1.165) is 42.9 Å². The Morgan fingerprint density at radius 1 is 1.25 bits per heavy atom. The van der Waals surface area contributed by atoms with Crippen molar-refractivity contribution in [2.24, 2.45) is 5.92 Å². The molecule has 2 aliphatic heterocycles. The number of hydrogen-bond acceptors (Lipinski definition) is 5. The molecule has 7 nitrogen and oxygen atoms in total. The zero-order valence-corrected chi connectivity index (χ0v) is 17.4. The van der Waals surface area contributed by atoms with E-state index in [4.69, 9.17) is 0 Å². The number of aromatic nitrogens is 1. The average Bonchev–Trinajstić information content (AvgIpc) is 3.32. The third-order valence-electron chi connectivity index (χ3n) is 5.50. The van der Waals surface area contributed by atoms with E-state index in [2.05, 4.69) is 22.6 Å². The summed E-state index contributed by atoms with van der Waals surface area (Å²) in [5.74, 6) is 0.216. The van der Waals surface area contributed by atoms with Gasteiger partial charge in [-0.1, -0.05) is 6.92 Å². The molecule has 2 saturated heterocycles. The number of nitrogens with zero attached hydrogens (tertiary/aromatic N) is 3. The minimum Gasteiger partial charge on any atom is -0.355 e. The van der Waals surface area contributed by atoms with Gasteiger partial charge in [-0.3, -0.25) is 14.4 Å². The van der Waals surface area contributed by atoms with Crippen LogP contribution in [0.5, 0.6) is 0 Å². The fourth-order valence-corrected chi connectivity index (χ4v) is 4.68. The van der Waals surface area contributed by atoms with E-state index in [0.29, 0.717) is 45.4 Å². The zero-order chi connectivity index (χ0) is 19.9. The first-order valence-electron chi connectivity index (χ1n) is 10.3. The third kappa shape index (κ3) is 5.53. The number of piperidine rings is 1. The Morgan fingerprint density at radius 2 is 2.04 bits per heavy atom. The van der Waals surface area contributed by atoms with Gasteiger partial charge in [-0.05, 0) is 25.7 Å². The summed E-state index contributed by atoms with van der Waals surface area (Å²) in [6.45, 7) is 5.29. The maximum atomic E-state index is 12.5. The van der Waals surface area contributed by atoms with Crippen molar-refractivity contribution in [1.82, 2.24) is 20.1 Å². The highest BCUT2D eigenvalue weighted by Crippen LogP contribution is 2.19. The lowest BCUT2D eigenvalue weighted by Gasteiger charge is -2.32. The molecule has 0 spiro atoms. The van der Waals surface area contributed by atoms with Gasteiger partial charge in [-0.15, -0.1) is 11.3 Å². The summed E-state index contributed by atoms with van der Waals surface area (Å²) >= 11 is 1.64. The summed E-state index contributed by atoms with van der Waals surface area (Å²) in [5, 5.41) is 6.12. The molecule has 154 valence electrons. The van der Waals surface area contributed by atoms with Crippen molar-refractivity contribution >= 4 is 29.1 Å². The highest BCUT2D eigenvalue weighted by Gasteiger charge is 2.30. The lowest BCUT2D eigenvalue weighted by atomic mass is 9.96. The lowest BCUT2D eigenvalue weighted by molar-refractivity contribution is -0.138. The van der Waals surface area contributed by atoms with Gasteiger partial charge >= 0.3 is 0 Å². The molecule has 3 rings (SSSR count). The third-order valence-corrected chi connectivity index (χ3v) is 6.46. The van der Waals surface area contributed by atoms with Gasteiger partial charge in [0.25, 0.3) is 0 Å². The number of thiazole rings is 1. The molecule has 0 aliphatic carbocycles. The predicted molar refractivity (Wildman–Crippen MR) is 108 cm³/mol. The van der Waals surface area contributed by atoms with E-state index in [-0.39, 0.29) is 23.6 Å². The molecule has 2 fully saturated rings. The quantitative estimate of drug-likeness (QED) is 0.676. The van der Waals surface area contributed by atoms with Crippen molar-refractivity contribution in [3.05, 3.63) is 16.1 Å². The first-order valence-corrected chi connectivity index (χ1v) is 11.2. The Hall–Kier alpha value is -1.96. The molecule has 3 amide bonds. The molecule has 1 aromatic rings. The van der Waals surface area contributed by atoms with Crippen LogP contribution in [-0.4, -0.2) is 65.2 Å². The molecule has 1 N–H and O–H groups in total. The zero-order valence-electron chi connectivity index (χ0n) is 16.6. The Bertz CT molecular complexity index is 705. The maximum Gasteiger partial charge on any atom is 0.224 e. The van der Waals surface area contributed by atoms with Crippen LogP contribution in [0.3, 0.4) is 0 Å². The standard InChI is InChI=1S/C20H30N4O3S/c1-2-16-14-28-17(22-16)8-9-21-20(27)15-6-7-19(26)24(13-15)12-4-11-23-10-3-5-18(23)25/h14-15H,2-13H2,1H3,(H,21,27)/t15-/m0/s1. The first kappa shape index (κ1) is 20.8. The van der Waals surface area contributed by atoms with Crippen LogP contribution in [0.15, 0.2) is 5.38 Å². The Morgan fingerprint density at radius 3 is 2.75 bits per heavy atom.